The molecular weight excluding hydrogens is 290 g/mol. The number of aliphatic hydroxyl groups is 1. The minimum absolute atomic E-state index is 0.161. The van der Waals surface area contributed by atoms with Gasteiger partial charge in [-0.2, -0.15) is 0 Å². The summed E-state index contributed by atoms with van der Waals surface area (Å²) in [5, 5.41) is 14.3. The van der Waals surface area contributed by atoms with Gasteiger partial charge in [0.25, 0.3) is 0 Å². The zero-order chi connectivity index (χ0) is 15.4. The molecule has 1 heterocycles. The second-order valence-corrected chi connectivity index (χ2v) is 6.21. The summed E-state index contributed by atoms with van der Waals surface area (Å²) in [7, 11) is -1.22. The van der Waals surface area contributed by atoms with Gasteiger partial charge in [-0.15, -0.1) is 5.10 Å². The molecule has 6 nitrogen and oxygen atoms in total. The molecule has 0 spiro atoms. The lowest BCUT2D eigenvalue weighted by molar-refractivity contribution is 0.0886. The lowest BCUT2D eigenvalue weighted by Crippen LogP contribution is -2.24. The highest BCUT2D eigenvalue weighted by Crippen LogP contribution is 2.19. The third-order valence-corrected chi connectivity index (χ3v) is 3.65. The maximum atomic E-state index is 11.2. The smallest absolute Gasteiger partial charge is 0.238 e. The molecular formula is C14H19N3O3S. The molecule has 1 N–H and O–H groups in total. The average Bonchev–Trinajstić information content (AvgIpc) is 2.88. The van der Waals surface area contributed by atoms with E-state index in [1.54, 1.807) is 0 Å². The fourth-order valence-corrected chi connectivity index (χ4v) is 2.23. The minimum atomic E-state index is -1.22. The van der Waals surface area contributed by atoms with Crippen molar-refractivity contribution in [1.29, 1.82) is 0 Å². The largest absolute Gasteiger partial charge is 0.491 e. The summed E-state index contributed by atoms with van der Waals surface area (Å²) >= 11 is 0. The van der Waals surface area contributed by atoms with Gasteiger partial charge in [-0.3, -0.25) is 4.21 Å². The Labute approximate surface area is 126 Å². The quantitative estimate of drug-likeness (QED) is 0.864. The fraction of sp³-hybridized carbons (Fsp3) is 0.429. The summed E-state index contributed by atoms with van der Waals surface area (Å²) in [6.45, 7) is 4.36. The topological polar surface area (TPSA) is 77.2 Å². The summed E-state index contributed by atoms with van der Waals surface area (Å²) in [6, 6.07) is 5.94. The Hall–Kier alpha value is -1.73. The lowest BCUT2D eigenvalue weighted by Gasteiger charge is -2.14. The highest BCUT2D eigenvalue weighted by Gasteiger charge is 2.11. The van der Waals surface area contributed by atoms with Crippen LogP contribution in [0.4, 0.5) is 0 Å². The van der Waals surface area contributed by atoms with E-state index >= 15 is 0 Å². The summed E-state index contributed by atoms with van der Waals surface area (Å²) in [5.41, 5.74) is 2.13. The van der Waals surface area contributed by atoms with Crippen LogP contribution < -0.4 is 4.74 Å². The maximum Gasteiger partial charge on any atom is 0.238 e. The predicted molar refractivity (Wildman–Crippen MR) is 79.8 cm³/mol. The van der Waals surface area contributed by atoms with Crippen molar-refractivity contribution in [3.63, 3.8) is 0 Å². The summed E-state index contributed by atoms with van der Waals surface area (Å²) < 4.78 is 18.3. The van der Waals surface area contributed by atoms with Crippen LogP contribution in [0.25, 0.3) is 0 Å². The number of rotatable bonds is 6. The first-order valence-corrected chi connectivity index (χ1v) is 8.12. The molecule has 7 heteroatoms. The molecule has 0 aliphatic carbocycles. The third-order valence-electron chi connectivity index (χ3n) is 2.95. The van der Waals surface area contributed by atoms with Gasteiger partial charge in [0.2, 0.25) is 5.16 Å². The van der Waals surface area contributed by atoms with E-state index < -0.39 is 16.9 Å². The van der Waals surface area contributed by atoms with E-state index in [2.05, 4.69) is 10.1 Å². The second-order valence-electron chi connectivity index (χ2n) is 4.94. The summed E-state index contributed by atoms with van der Waals surface area (Å²) in [5.74, 6) is 0.767. The van der Waals surface area contributed by atoms with Crippen molar-refractivity contribution >= 4 is 10.8 Å². The number of benzene rings is 1. The Bertz CT molecular complexity index is 642. The van der Waals surface area contributed by atoms with E-state index in [-0.39, 0.29) is 18.3 Å². The highest BCUT2D eigenvalue weighted by atomic mass is 32.2. The van der Waals surface area contributed by atoms with Crippen molar-refractivity contribution in [2.24, 2.45) is 0 Å². The Balaban J connectivity index is 1.90. The van der Waals surface area contributed by atoms with Crippen LogP contribution in [-0.4, -0.2) is 43.0 Å². The molecule has 1 aromatic carbocycles. The molecule has 0 fully saturated rings. The maximum absolute atomic E-state index is 11.2. The van der Waals surface area contributed by atoms with Crippen molar-refractivity contribution in [1.82, 2.24) is 14.8 Å². The number of hydrogen-bond acceptors (Lipinski definition) is 5. The van der Waals surface area contributed by atoms with Crippen LogP contribution >= 0.6 is 0 Å². The monoisotopic (exact) mass is 309 g/mol. The van der Waals surface area contributed by atoms with Crippen LogP contribution in [0.1, 0.15) is 11.1 Å². The molecule has 0 amide bonds. The van der Waals surface area contributed by atoms with Crippen LogP contribution in [-0.2, 0) is 17.3 Å². The number of aromatic nitrogens is 3. The second kappa shape index (κ2) is 6.82. The first kappa shape index (κ1) is 15.7. The van der Waals surface area contributed by atoms with Crippen molar-refractivity contribution in [3.05, 3.63) is 35.7 Å². The van der Waals surface area contributed by atoms with Gasteiger partial charge in [0.15, 0.2) is 0 Å². The van der Waals surface area contributed by atoms with E-state index in [9.17, 15) is 9.32 Å². The highest BCUT2D eigenvalue weighted by molar-refractivity contribution is 7.84. The Kier molecular flexibility index (Phi) is 5.08. The molecule has 0 radical (unpaired) electrons. The normalized spacial score (nSPS) is 13.9. The number of aliphatic hydroxyl groups excluding tert-OH is 1. The van der Waals surface area contributed by atoms with Crippen molar-refractivity contribution < 1.29 is 14.1 Å². The lowest BCUT2D eigenvalue weighted by atomic mass is 10.1. The van der Waals surface area contributed by atoms with Gasteiger partial charge in [-0.05, 0) is 31.0 Å². The van der Waals surface area contributed by atoms with Crippen LogP contribution in [0.5, 0.6) is 5.75 Å². The molecule has 21 heavy (non-hydrogen) atoms. The molecule has 0 unspecified atom stereocenters. The molecule has 0 saturated carbocycles. The fourth-order valence-electron chi connectivity index (χ4n) is 1.81. The van der Waals surface area contributed by atoms with Gasteiger partial charge in [-0.1, -0.05) is 12.1 Å². The molecule has 0 aliphatic heterocycles. The standard InChI is InChI=1S/C14H19N3O3S/c1-10-4-5-11(2)13(6-10)20-8-12(18)7-17-9-15-14(16-17)21(3)19/h4-6,9,12,18H,7-8H2,1-3H3/t12-,21+/m0/s1. The molecule has 0 bridgehead atoms. The molecule has 0 saturated heterocycles. The van der Waals surface area contributed by atoms with Gasteiger partial charge in [-0.25, -0.2) is 9.67 Å². The number of ether oxygens (including phenoxy) is 1. The zero-order valence-corrected chi connectivity index (χ0v) is 13.1. The molecule has 0 aliphatic rings. The van der Waals surface area contributed by atoms with Gasteiger partial charge in [0.05, 0.1) is 17.3 Å². The van der Waals surface area contributed by atoms with Gasteiger partial charge < -0.3 is 9.84 Å². The van der Waals surface area contributed by atoms with E-state index in [1.165, 1.54) is 17.3 Å². The SMILES string of the molecule is Cc1ccc(C)c(OC[C@@H](O)Cn2cnc([S@@](C)=O)n2)c1. The predicted octanol–water partition coefficient (Wildman–Crippen LogP) is 1.07. The third kappa shape index (κ3) is 4.37. The average molecular weight is 309 g/mol. The van der Waals surface area contributed by atoms with Crippen LogP contribution in [0, 0.1) is 13.8 Å². The van der Waals surface area contributed by atoms with Crippen molar-refractivity contribution in [2.45, 2.75) is 31.7 Å². The summed E-state index contributed by atoms with van der Waals surface area (Å²) in [6.07, 6.45) is 2.25. The van der Waals surface area contributed by atoms with Crippen LogP contribution in [0.3, 0.4) is 0 Å². The Morgan fingerprint density at radius 3 is 2.86 bits per heavy atom. The molecule has 1 aromatic heterocycles. The van der Waals surface area contributed by atoms with E-state index in [0.717, 1.165) is 16.9 Å². The first-order valence-electron chi connectivity index (χ1n) is 6.56. The van der Waals surface area contributed by atoms with E-state index in [0.29, 0.717) is 0 Å². The van der Waals surface area contributed by atoms with Crippen LogP contribution in [0.15, 0.2) is 29.7 Å². The number of aryl methyl sites for hydroxylation is 2. The zero-order valence-electron chi connectivity index (χ0n) is 12.3. The summed E-state index contributed by atoms with van der Waals surface area (Å²) in [4.78, 5) is 3.91. The van der Waals surface area contributed by atoms with Crippen LogP contribution in [0.2, 0.25) is 0 Å². The van der Waals surface area contributed by atoms with E-state index in [1.807, 2.05) is 32.0 Å². The van der Waals surface area contributed by atoms with Crippen molar-refractivity contribution in [2.75, 3.05) is 12.9 Å². The molecule has 114 valence electrons. The number of hydrogen-bond donors (Lipinski definition) is 1. The van der Waals surface area contributed by atoms with Gasteiger partial charge >= 0.3 is 0 Å². The first-order chi connectivity index (χ1) is 9.95. The van der Waals surface area contributed by atoms with Crippen molar-refractivity contribution in [3.8, 4) is 5.75 Å². The number of nitrogens with zero attached hydrogens (tertiary/aromatic N) is 3. The Morgan fingerprint density at radius 2 is 2.19 bits per heavy atom. The van der Waals surface area contributed by atoms with Gasteiger partial charge in [0.1, 0.15) is 24.8 Å². The van der Waals surface area contributed by atoms with Gasteiger partial charge in [0, 0.05) is 6.26 Å². The van der Waals surface area contributed by atoms with E-state index in [4.69, 9.17) is 4.74 Å². The Morgan fingerprint density at radius 1 is 1.43 bits per heavy atom. The molecule has 2 atom stereocenters. The molecule has 2 rings (SSSR count). The minimum Gasteiger partial charge on any atom is -0.491 e. The molecule has 2 aromatic rings.